The highest BCUT2D eigenvalue weighted by Gasteiger charge is 2.31. The molecular weight excluding hydrogens is 267 g/mol. The Morgan fingerprint density at radius 2 is 1.57 bits per heavy atom. The minimum atomic E-state index is -0.865. The lowest BCUT2D eigenvalue weighted by Gasteiger charge is -2.30. The van der Waals surface area contributed by atoms with Crippen molar-refractivity contribution in [3.05, 3.63) is 71.0 Å². The van der Waals surface area contributed by atoms with Crippen LogP contribution in [-0.4, -0.2) is 23.4 Å². The second-order valence-electron chi connectivity index (χ2n) is 5.45. The fourth-order valence-corrected chi connectivity index (χ4v) is 2.55. The molecule has 2 rings (SSSR count). The highest BCUT2D eigenvalue weighted by Crippen LogP contribution is 2.28. The molecule has 0 bridgehead atoms. The average Bonchev–Trinajstić information content (AvgIpc) is 2.53. The van der Waals surface area contributed by atoms with Crippen LogP contribution in [-0.2, 0) is 18.3 Å². The van der Waals surface area contributed by atoms with Gasteiger partial charge in [-0.25, -0.2) is 4.39 Å². The number of halogens is 1. The van der Waals surface area contributed by atoms with Crippen LogP contribution >= 0.6 is 0 Å². The van der Waals surface area contributed by atoms with Gasteiger partial charge in [-0.1, -0.05) is 43.3 Å². The summed E-state index contributed by atoms with van der Waals surface area (Å²) in [6.07, 6.45) is 1.43. The third-order valence-electron chi connectivity index (χ3n) is 4.02. The summed E-state index contributed by atoms with van der Waals surface area (Å²) in [5, 5.41) is 19.6. The van der Waals surface area contributed by atoms with Gasteiger partial charge in [0, 0.05) is 5.41 Å². The molecule has 3 heteroatoms. The molecule has 0 heterocycles. The van der Waals surface area contributed by atoms with E-state index in [2.05, 4.69) is 6.92 Å². The first-order chi connectivity index (χ1) is 10.1. The van der Waals surface area contributed by atoms with E-state index >= 15 is 0 Å². The first kappa shape index (κ1) is 15.7. The van der Waals surface area contributed by atoms with Gasteiger partial charge in [0.2, 0.25) is 0 Å². The summed E-state index contributed by atoms with van der Waals surface area (Å²) >= 11 is 0. The topological polar surface area (TPSA) is 40.5 Å². The highest BCUT2D eigenvalue weighted by molar-refractivity contribution is 5.32. The van der Waals surface area contributed by atoms with Crippen molar-refractivity contribution in [1.82, 2.24) is 0 Å². The van der Waals surface area contributed by atoms with Gasteiger partial charge in [-0.3, -0.25) is 0 Å². The third kappa shape index (κ3) is 3.49. The van der Waals surface area contributed by atoms with Crippen LogP contribution in [0.1, 0.15) is 23.6 Å². The Bertz CT molecular complexity index is 574. The second kappa shape index (κ2) is 6.83. The van der Waals surface area contributed by atoms with Crippen LogP contribution in [0.15, 0.2) is 48.5 Å². The molecule has 0 saturated carbocycles. The molecule has 0 atom stereocenters. The molecule has 0 aromatic heterocycles. The van der Waals surface area contributed by atoms with E-state index in [1.807, 2.05) is 24.3 Å². The van der Waals surface area contributed by atoms with Gasteiger partial charge in [-0.2, -0.15) is 0 Å². The van der Waals surface area contributed by atoms with Crippen molar-refractivity contribution >= 4 is 0 Å². The van der Waals surface area contributed by atoms with Gasteiger partial charge in [-0.15, -0.1) is 0 Å². The molecule has 2 N–H and O–H groups in total. The van der Waals surface area contributed by atoms with E-state index in [0.29, 0.717) is 12.0 Å². The first-order valence-electron chi connectivity index (χ1n) is 7.19. The maximum atomic E-state index is 13.4. The summed E-state index contributed by atoms with van der Waals surface area (Å²) < 4.78 is 13.4. The van der Waals surface area contributed by atoms with Crippen molar-refractivity contribution < 1.29 is 14.6 Å². The average molecular weight is 288 g/mol. The lowest BCUT2D eigenvalue weighted by atomic mass is 9.76. The van der Waals surface area contributed by atoms with Gasteiger partial charge >= 0.3 is 0 Å². The Morgan fingerprint density at radius 1 is 0.952 bits per heavy atom. The Labute approximate surface area is 124 Å². The normalized spacial score (nSPS) is 11.6. The molecule has 21 heavy (non-hydrogen) atoms. The molecular formula is C18H21FO2. The number of hydrogen-bond acceptors (Lipinski definition) is 2. The van der Waals surface area contributed by atoms with E-state index in [1.54, 1.807) is 12.1 Å². The summed E-state index contributed by atoms with van der Waals surface area (Å²) in [5.41, 5.74) is 2.00. The number of rotatable bonds is 6. The zero-order valence-electron chi connectivity index (χ0n) is 12.2. The monoisotopic (exact) mass is 288 g/mol. The Kier molecular flexibility index (Phi) is 5.10. The van der Waals surface area contributed by atoms with Crippen molar-refractivity contribution in [2.75, 3.05) is 13.2 Å². The zero-order valence-corrected chi connectivity index (χ0v) is 12.2. The number of aliphatic hydroxyl groups excluding tert-OH is 2. The van der Waals surface area contributed by atoms with E-state index < -0.39 is 5.41 Å². The molecule has 0 aliphatic carbocycles. The standard InChI is InChI=1S/C18H21FO2/c1-2-14-6-8-15(9-7-14)11-18(12-20,13-21)16-4-3-5-17(19)10-16/h3-10,20-21H,2,11-13H2,1H3. The quantitative estimate of drug-likeness (QED) is 0.858. The number of aryl methyl sites for hydroxylation is 1. The molecule has 2 aromatic carbocycles. The summed E-state index contributed by atoms with van der Waals surface area (Å²) in [6.45, 7) is 1.62. The van der Waals surface area contributed by atoms with Crippen LogP contribution in [0.3, 0.4) is 0 Å². The van der Waals surface area contributed by atoms with Gasteiger partial charge in [0.1, 0.15) is 5.82 Å². The van der Waals surface area contributed by atoms with Crippen LogP contribution in [0, 0.1) is 5.82 Å². The largest absolute Gasteiger partial charge is 0.395 e. The van der Waals surface area contributed by atoms with E-state index in [-0.39, 0.29) is 19.0 Å². The number of hydrogen-bond donors (Lipinski definition) is 2. The number of aliphatic hydroxyl groups is 2. The Morgan fingerprint density at radius 3 is 2.10 bits per heavy atom. The fourth-order valence-electron chi connectivity index (χ4n) is 2.55. The van der Waals surface area contributed by atoms with Crippen molar-refractivity contribution in [3.8, 4) is 0 Å². The smallest absolute Gasteiger partial charge is 0.123 e. The lowest BCUT2D eigenvalue weighted by Crippen LogP contribution is -2.37. The maximum Gasteiger partial charge on any atom is 0.123 e. The fraction of sp³-hybridized carbons (Fsp3) is 0.333. The van der Waals surface area contributed by atoms with Crippen LogP contribution in [0.25, 0.3) is 0 Å². The highest BCUT2D eigenvalue weighted by atomic mass is 19.1. The van der Waals surface area contributed by atoms with Crippen molar-refractivity contribution in [3.63, 3.8) is 0 Å². The Hall–Kier alpha value is -1.71. The molecule has 0 aliphatic heterocycles. The minimum Gasteiger partial charge on any atom is -0.395 e. The van der Waals surface area contributed by atoms with Crippen molar-refractivity contribution in [2.24, 2.45) is 0 Å². The summed E-state index contributed by atoms with van der Waals surface area (Å²) in [7, 11) is 0. The van der Waals surface area contributed by atoms with Gasteiger partial charge < -0.3 is 10.2 Å². The van der Waals surface area contributed by atoms with Gasteiger partial charge in [0.15, 0.2) is 0 Å². The van der Waals surface area contributed by atoms with Crippen LogP contribution in [0.4, 0.5) is 4.39 Å². The number of benzene rings is 2. The predicted molar refractivity (Wildman–Crippen MR) is 81.8 cm³/mol. The first-order valence-corrected chi connectivity index (χ1v) is 7.19. The van der Waals surface area contributed by atoms with Crippen LogP contribution < -0.4 is 0 Å². The molecule has 2 aromatic rings. The molecule has 0 fully saturated rings. The van der Waals surface area contributed by atoms with E-state index in [1.165, 1.54) is 17.7 Å². The Balaban J connectivity index is 2.33. The van der Waals surface area contributed by atoms with Gasteiger partial charge in [0.05, 0.1) is 13.2 Å². The third-order valence-corrected chi connectivity index (χ3v) is 4.02. The SMILES string of the molecule is CCc1ccc(CC(CO)(CO)c2cccc(F)c2)cc1. The maximum absolute atomic E-state index is 13.4. The predicted octanol–water partition coefficient (Wildman–Crippen LogP) is 2.85. The summed E-state index contributed by atoms with van der Waals surface area (Å²) in [4.78, 5) is 0. The molecule has 0 unspecified atom stereocenters. The summed E-state index contributed by atoms with van der Waals surface area (Å²) in [5.74, 6) is -0.361. The van der Waals surface area contributed by atoms with E-state index in [9.17, 15) is 14.6 Å². The molecule has 112 valence electrons. The van der Waals surface area contributed by atoms with Crippen molar-refractivity contribution in [2.45, 2.75) is 25.2 Å². The molecule has 0 radical (unpaired) electrons. The van der Waals surface area contributed by atoms with Gasteiger partial charge in [-0.05, 0) is 41.7 Å². The lowest BCUT2D eigenvalue weighted by molar-refractivity contribution is 0.116. The molecule has 0 saturated heterocycles. The van der Waals surface area contributed by atoms with Gasteiger partial charge in [0.25, 0.3) is 0 Å². The van der Waals surface area contributed by atoms with Crippen LogP contribution in [0.5, 0.6) is 0 Å². The zero-order chi connectivity index (χ0) is 15.3. The second-order valence-corrected chi connectivity index (χ2v) is 5.45. The molecule has 0 aliphatic rings. The van der Waals surface area contributed by atoms with E-state index in [0.717, 1.165) is 12.0 Å². The molecule has 2 nitrogen and oxygen atoms in total. The molecule has 0 amide bonds. The summed E-state index contributed by atoms with van der Waals surface area (Å²) in [6, 6.07) is 14.2. The molecule has 0 spiro atoms. The van der Waals surface area contributed by atoms with Crippen molar-refractivity contribution in [1.29, 1.82) is 0 Å². The minimum absolute atomic E-state index is 0.234. The van der Waals surface area contributed by atoms with Crippen LogP contribution in [0.2, 0.25) is 0 Å². The van der Waals surface area contributed by atoms with E-state index in [4.69, 9.17) is 0 Å².